The zero-order valence-corrected chi connectivity index (χ0v) is 10.9. The number of hydrogen-bond acceptors (Lipinski definition) is 4. The third-order valence-corrected chi connectivity index (χ3v) is 3.27. The number of nitrogens with zero attached hydrogens (tertiary/aromatic N) is 1. The fourth-order valence-corrected chi connectivity index (χ4v) is 2.18. The third kappa shape index (κ3) is 3.32. The summed E-state index contributed by atoms with van der Waals surface area (Å²) < 4.78 is 5.15. The first-order chi connectivity index (χ1) is 9.08. The van der Waals surface area contributed by atoms with Crippen molar-refractivity contribution >= 4 is 11.9 Å². The summed E-state index contributed by atoms with van der Waals surface area (Å²) in [5.41, 5.74) is 6.58. The average Bonchev–Trinajstić information content (AvgIpc) is 2.64. The number of carbonyl (C=O) groups is 2. The van der Waals surface area contributed by atoms with Gasteiger partial charge in [0.05, 0.1) is 6.04 Å². The molecule has 2 N–H and O–H groups in total. The number of benzene rings is 1. The topological polar surface area (TPSA) is 72.6 Å². The average molecular weight is 262 g/mol. The Morgan fingerprint density at radius 2 is 2.11 bits per heavy atom. The van der Waals surface area contributed by atoms with E-state index in [0.717, 1.165) is 5.56 Å². The van der Waals surface area contributed by atoms with Gasteiger partial charge >= 0.3 is 5.97 Å². The second-order valence-corrected chi connectivity index (χ2v) is 4.80. The fraction of sp³-hybridized carbons (Fsp3) is 0.429. The van der Waals surface area contributed by atoms with E-state index in [1.165, 1.54) is 4.90 Å². The predicted molar refractivity (Wildman–Crippen MR) is 70.0 cm³/mol. The molecule has 2 atom stereocenters. The maximum Gasteiger partial charge on any atom is 0.325 e. The number of amides is 1. The summed E-state index contributed by atoms with van der Waals surface area (Å²) in [7, 11) is 0. The molecule has 0 aliphatic carbocycles. The molecule has 1 aromatic carbocycles. The van der Waals surface area contributed by atoms with Gasteiger partial charge in [-0.3, -0.25) is 9.59 Å². The number of ether oxygens (including phenoxy) is 1. The number of likely N-dealkylation sites (tertiary alicyclic amines) is 1. The van der Waals surface area contributed by atoms with E-state index in [2.05, 4.69) is 0 Å². The molecule has 0 spiro atoms. The highest BCUT2D eigenvalue weighted by molar-refractivity contribution is 5.87. The van der Waals surface area contributed by atoms with Gasteiger partial charge in [0, 0.05) is 6.04 Å². The standard InChI is InChI=1S/C14H18N2O3/c1-10-7-12(15)14(18)16(10)8-13(17)19-9-11-5-3-2-4-6-11/h2-6,10,12H,7-9,15H2,1H3. The molecule has 5 nitrogen and oxygen atoms in total. The molecule has 1 aromatic rings. The lowest BCUT2D eigenvalue weighted by atomic mass is 10.2. The first kappa shape index (κ1) is 13.5. The van der Waals surface area contributed by atoms with Gasteiger partial charge in [0.15, 0.2) is 0 Å². The van der Waals surface area contributed by atoms with Crippen molar-refractivity contribution in [3.8, 4) is 0 Å². The summed E-state index contributed by atoms with van der Waals surface area (Å²) in [6, 6.07) is 8.93. The normalized spacial score (nSPS) is 22.6. The van der Waals surface area contributed by atoms with Crippen molar-refractivity contribution in [3.05, 3.63) is 35.9 Å². The van der Waals surface area contributed by atoms with Crippen LogP contribution < -0.4 is 5.73 Å². The predicted octanol–water partition coefficient (Wildman–Crippen LogP) is 0.678. The van der Waals surface area contributed by atoms with Crippen molar-refractivity contribution in [3.63, 3.8) is 0 Å². The van der Waals surface area contributed by atoms with Crippen LogP contribution in [0.3, 0.4) is 0 Å². The Morgan fingerprint density at radius 1 is 1.42 bits per heavy atom. The molecule has 2 unspecified atom stereocenters. The number of esters is 1. The second-order valence-electron chi connectivity index (χ2n) is 4.80. The highest BCUT2D eigenvalue weighted by Crippen LogP contribution is 2.17. The van der Waals surface area contributed by atoms with Crippen LogP contribution in [-0.4, -0.2) is 35.4 Å². The second kappa shape index (κ2) is 5.84. The minimum absolute atomic E-state index is 0.00762. The van der Waals surface area contributed by atoms with Crippen molar-refractivity contribution in [1.29, 1.82) is 0 Å². The van der Waals surface area contributed by atoms with E-state index < -0.39 is 12.0 Å². The van der Waals surface area contributed by atoms with Crippen LogP contribution in [-0.2, 0) is 20.9 Å². The molecule has 0 saturated carbocycles. The van der Waals surface area contributed by atoms with Crippen LogP contribution in [0.2, 0.25) is 0 Å². The molecule has 1 amide bonds. The molecule has 0 radical (unpaired) electrons. The van der Waals surface area contributed by atoms with E-state index in [-0.39, 0.29) is 25.1 Å². The van der Waals surface area contributed by atoms with Gasteiger partial charge in [-0.2, -0.15) is 0 Å². The molecule has 1 aliphatic rings. The van der Waals surface area contributed by atoms with E-state index in [0.29, 0.717) is 6.42 Å². The Hall–Kier alpha value is -1.88. The van der Waals surface area contributed by atoms with E-state index in [4.69, 9.17) is 10.5 Å². The summed E-state index contributed by atoms with van der Waals surface area (Å²) in [4.78, 5) is 24.9. The van der Waals surface area contributed by atoms with Crippen molar-refractivity contribution in [2.45, 2.75) is 32.0 Å². The molecule has 102 valence electrons. The van der Waals surface area contributed by atoms with Crippen molar-refractivity contribution in [2.24, 2.45) is 5.73 Å². The third-order valence-electron chi connectivity index (χ3n) is 3.27. The summed E-state index contributed by atoms with van der Waals surface area (Å²) in [6.45, 7) is 2.08. The Labute approximate surface area is 112 Å². The van der Waals surface area contributed by atoms with Gasteiger partial charge in [-0.05, 0) is 18.9 Å². The van der Waals surface area contributed by atoms with Crippen LogP contribution in [0.5, 0.6) is 0 Å². The Kier molecular flexibility index (Phi) is 4.16. The van der Waals surface area contributed by atoms with Gasteiger partial charge < -0.3 is 15.4 Å². The highest BCUT2D eigenvalue weighted by Gasteiger charge is 2.35. The quantitative estimate of drug-likeness (QED) is 0.810. The van der Waals surface area contributed by atoms with Crippen LogP contribution in [0.1, 0.15) is 18.9 Å². The summed E-state index contributed by atoms with van der Waals surface area (Å²) >= 11 is 0. The molecular formula is C14H18N2O3. The lowest BCUT2D eigenvalue weighted by molar-refractivity contribution is -0.150. The maximum atomic E-state index is 11.7. The fourth-order valence-electron chi connectivity index (χ4n) is 2.18. The van der Waals surface area contributed by atoms with Crippen LogP contribution in [0, 0.1) is 0 Å². The van der Waals surface area contributed by atoms with Crippen LogP contribution in [0.4, 0.5) is 0 Å². The molecule has 1 saturated heterocycles. The molecule has 1 fully saturated rings. The number of rotatable bonds is 4. The number of carbonyl (C=O) groups excluding carboxylic acids is 2. The molecular weight excluding hydrogens is 244 g/mol. The largest absolute Gasteiger partial charge is 0.459 e. The van der Waals surface area contributed by atoms with Crippen LogP contribution >= 0.6 is 0 Å². The van der Waals surface area contributed by atoms with Crippen molar-refractivity contribution in [2.75, 3.05) is 6.54 Å². The minimum atomic E-state index is -0.489. The van der Waals surface area contributed by atoms with E-state index in [9.17, 15) is 9.59 Å². The molecule has 1 aliphatic heterocycles. The van der Waals surface area contributed by atoms with Gasteiger partial charge in [-0.1, -0.05) is 30.3 Å². The van der Waals surface area contributed by atoms with Gasteiger partial charge in [0.25, 0.3) is 0 Å². The first-order valence-corrected chi connectivity index (χ1v) is 6.33. The van der Waals surface area contributed by atoms with E-state index in [1.54, 1.807) is 0 Å². The van der Waals surface area contributed by atoms with Crippen LogP contribution in [0.25, 0.3) is 0 Å². The summed E-state index contributed by atoms with van der Waals surface area (Å²) in [5.74, 6) is -0.581. The first-order valence-electron chi connectivity index (χ1n) is 6.33. The van der Waals surface area contributed by atoms with Gasteiger partial charge in [0.1, 0.15) is 13.2 Å². The molecule has 0 aromatic heterocycles. The molecule has 1 heterocycles. The van der Waals surface area contributed by atoms with Crippen molar-refractivity contribution in [1.82, 2.24) is 4.90 Å². The van der Waals surface area contributed by atoms with Crippen LogP contribution in [0.15, 0.2) is 30.3 Å². The highest BCUT2D eigenvalue weighted by atomic mass is 16.5. The number of nitrogens with two attached hydrogens (primary N) is 1. The lowest BCUT2D eigenvalue weighted by Crippen LogP contribution is -2.39. The molecule has 19 heavy (non-hydrogen) atoms. The van der Waals surface area contributed by atoms with Crippen molar-refractivity contribution < 1.29 is 14.3 Å². The van der Waals surface area contributed by atoms with E-state index >= 15 is 0 Å². The molecule has 2 rings (SSSR count). The molecule has 5 heteroatoms. The minimum Gasteiger partial charge on any atom is -0.459 e. The lowest BCUT2D eigenvalue weighted by Gasteiger charge is -2.20. The SMILES string of the molecule is CC1CC(N)C(=O)N1CC(=O)OCc1ccccc1. The van der Waals surface area contributed by atoms with Gasteiger partial charge in [0.2, 0.25) is 5.91 Å². The zero-order chi connectivity index (χ0) is 13.8. The summed E-state index contributed by atoms with van der Waals surface area (Å²) in [6.07, 6.45) is 0.588. The Bertz CT molecular complexity index is 461. The Balaban J connectivity index is 1.83. The smallest absolute Gasteiger partial charge is 0.325 e. The maximum absolute atomic E-state index is 11.7. The summed E-state index contributed by atoms with van der Waals surface area (Å²) in [5, 5.41) is 0. The zero-order valence-electron chi connectivity index (χ0n) is 10.9. The monoisotopic (exact) mass is 262 g/mol. The number of hydrogen-bond donors (Lipinski definition) is 1. The van der Waals surface area contributed by atoms with Gasteiger partial charge in [-0.25, -0.2) is 0 Å². The van der Waals surface area contributed by atoms with Gasteiger partial charge in [-0.15, -0.1) is 0 Å². The Morgan fingerprint density at radius 3 is 2.68 bits per heavy atom. The molecule has 0 bridgehead atoms. The van der Waals surface area contributed by atoms with E-state index in [1.807, 2.05) is 37.3 Å².